The highest BCUT2D eigenvalue weighted by Crippen LogP contribution is 2.30. The van der Waals surface area contributed by atoms with Gasteiger partial charge < -0.3 is 19.7 Å². The van der Waals surface area contributed by atoms with Crippen molar-refractivity contribution < 1.29 is 22.7 Å². The van der Waals surface area contributed by atoms with Crippen molar-refractivity contribution in [2.75, 3.05) is 37.3 Å². The summed E-state index contributed by atoms with van der Waals surface area (Å²) in [6.45, 7) is 1.49. The van der Waals surface area contributed by atoms with Crippen molar-refractivity contribution in [1.82, 2.24) is 4.90 Å². The maximum absolute atomic E-state index is 12.7. The molecule has 2 aromatic carbocycles. The number of amides is 2. The quantitative estimate of drug-likeness (QED) is 0.720. The Morgan fingerprint density at radius 3 is 2.07 bits per heavy atom. The molecule has 1 aliphatic heterocycles. The van der Waals surface area contributed by atoms with Crippen molar-refractivity contribution in [1.29, 1.82) is 0 Å². The lowest BCUT2D eigenvalue weighted by atomic mass is 10.2. The van der Waals surface area contributed by atoms with E-state index in [0.29, 0.717) is 22.9 Å². The van der Waals surface area contributed by atoms with E-state index in [1.165, 1.54) is 26.4 Å². The number of anilines is 2. The molecule has 1 heterocycles. The van der Waals surface area contributed by atoms with Gasteiger partial charge in [0.15, 0.2) is 11.5 Å². The molecule has 1 aliphatic rings. The minimum absolute atomic E-state index is 0.0880. The number of methoxy groups -OCH3 is 2. The topological polar surface area (TPSA) is 97.0 Å². The van der Waals surface area contributed by atoms with E-state index in [9.17, 15) is 13.2 Å². The predicted molar refractivity (Wildman–Crippen MR) is 116 cm³/mol. The predicted octanol–water partition coefficient (Wildman–Crippen LogP) is 3.91. The monoisotopic (exact) mass is 433 g/mol. The molecular weight excluding hydrogens is 406 g/mol. The fraction of sp³-hybridized carbons (Fsp3) is 0.381. The first kappa shape index (κ1) is 21.8. The molecule has 2 N–H and O–H groups in total. The van der Waals surface area contributed by atoms with Crippen LogP contribution in [0.15, 0.2) is 47.4 Å². The van der Waals surface area contributed by atoms with Gasteiger partial charge >= 0.3 is 6.03 Å². The first-order valence-electron chi connectivity index (χ1n) is 9.84. The minimum atomic E-state index is -3.80. The highest BCUT2D eigenvalue weighted by Gasteiger charge is 2.18. The van der Waals surface area contributed by atoms with Gasteiger partial charge in [0.05, 0.1) is 24.8 Å². The third-order valence-corrected chi connectivity index (χ3v) is 6.34. The van der Waals surface area contributed by atoms with Crippen molar-refractivity contribution in [2.24, 2.45) is 0 Å². The lowest BCUT2D eigenvalue weighted by molar-refractivity contribution is 0.214. The molecule has 30 heavy (non-hydrogen) atoms. The number of nitrogens with zero attached hydrogens (tertiary/aromatic N) is 1. The molecule has 0 atom stereocenters. The lowest BCUT2D eigenvalue weighted by Crippen LogP contribution is -2.35. The van der Waals surface area contributed by atoms with E-state index in [0.717, 1.165) is 38.8 Å². The molecule has 2 aromatic rings. The highest BCUT2D eigenvalue weighted by molar-refractivity contribution is 7.92. The van der Waals surface area contributed by atoms with Gasteiger partial charge in [-0.1, -0.05) is 12.8 Å². The summed E-state index contributed by atoms with van der Waals surface area (Å²) in [6, 6.07) is 10.7. The number of benzene rings is 2. The average molecular weight is 434 g/mol. The van der Waals surface area contributed by atoms with Crippen LogP contribution < -0.4 is 19.5 Å². The fourth-order valence-corrected chi connectivity index (χ4v) is 4.36. The first-order chi connectivity index (χ1) is 14.4. The number of sulfonamides is 1. The molecular formula is C21H27N3O5S. The van der Waals surface area contributed by atoms with Crippen LogP contribution in [0.3, 0.4) is 0 Å². The minimum Gasteiger partial charge on any atom is -0.493 e. The van der Waals surface area contributed by atoms with E-state index >= 15 is 0 Å². The number of urea groups is 1. The van der Waals surface area contributed by atoms with E-state index in [-0.39, 0.29) is 10.9 Å². The molecule has 0 aliphatic carbocycles. The molecule has 3 rings (SSSR count). The Labute approximate surface area is 177 Å². The number of carbonyl (C=O) groups is 1. The second-order valence-corrected chi connectivity index (χ2v) is 8.71. The highest BCUT2D eigenvalue weighted by atomic mass is 32.2. The van der Waals surface area contributed by atoms with Gasteiger partial charge in [0, 0.05) is 24.8 Å². The molecule has 0 bridgehead atoms. The number of likely N-dealkylation sites (tertiary alicyclic amines) is 1. The smallest absolute Gasteiger partial charge is 0.321 e. The number of nitrogens with one attached hydrogen (secondary N) is 2. The van der Waals surface area contributed by atoms with Gasteiger partial charge in [-0.25, -0.2) is 13.2 Å². The Kier molecular flexibility index (Phi) is 7.04. The van der Waals surface area contributed by atoms with Gasteiger partial charge in [-0.3, -0.25) is 4.72 Å². The molecule has 0 saturated carbocycles. The Hall–Kier alpha value is -2.94. The van der Waals surface area contributed by atoms with Crippen LogP contribution >= 0.6 is 0 Å². The molecule has 9 heteroatoms. The van der Waals surface area contributed by atoms with Crippen molar-refractivity contribution in [3.63, 3.8) is 0 Å². The van der Waals surface area contributed by atoms with Crippen LogP contribution in [0.5, 0.6) is 11.5 Å². The standard InChI is InChI=1S/C21H27N3O5S/c1-28-19-12-9-17(15-20(19)29-2)23-30(26,27)18-10-7-16(8-11-18)22-21(25)24-13-5-3-4-6-14-24/h7-12,15,23H,3-6,13-14H2,1-2H3,(H,22,25). The van der Waals surface area contributed by atoms with E-state index in [2.05, 4.69) is 10.0 Å². The van der Waals surface area contributed by atoms with Crippen LogP contribution in [-0.2, 0) is 10.0 Å². The Bertz CT molecular complexity index is 969. The zero-order chi connectivity index (χ0) is 21.6. The van der Waals surface area contributed by atoms with Crippen LogP contribution in [0.1, 0.15) is 25.7 Å². The Morgan fingerprint density at radius 1 is 0.867 bits per heavy atom. The third-order valence-electron chi connectivity index (χ3n) is 4.94. The molecule has 162 valence electrons. The van der Waals surface area contributed by atoms with E-state index in [1.54, 1.807) is 35.2 Å². The van der Waals surface area contributed by atoms with Crippen molar-refractivity contribution >= 4 is 27.4 Å². The van der Waals surface area contributed by atoms with Crippen LogP contribution in [0.4, 0.5) is 16.2 Å². The Morgan fingerprint density at radius 2 is 1.47 bits per heavy atom. The largest absolute Gasteiger partial charge is 0.493 e. The zero-order valence-electron chi connectivity index (χ0n) is 17.2. The third kappa shape index (κ3) is 5.35. The second-order valence-electron chi connectivity index (χ2n) is 7.03. The Balaban J connectivity index is 1.68. The first-order valence-corrected chi connectivity index (χ1v) is 11.3. The summed E-state index contributed by atoms with van der Waals surface area (Å²) >= 11 is 0. The molecule has 1 fully saturated rings. The summed E-state index contributed by atoms with van der Waals surface area (Å²) < 4.78 is 38.3. The maximum atomic E-state index is 12.7. The summed E-state index contributed by atoms with van der Waals surface area (Å²) in [5.74, 6) is 0.925. The number of rotatable bonds is 6. The summed E-state index contributed by atoms with van der Waals surface area (Å²) in [5, 5.41) is 2.84. The number of ether oxygens (including phenoxy) is 2. The van der Waals surface area contributed by atoms with Crippen LogP contribution in [0, 0.1) is 0 Å². The SMILES string of the molecule is COc1ccc(NS(=O)(=O)c2ccc(NC(=O)N3CCCCCC3)cc2)cc1OC. The summed E-state index contributed by atoms with van der Waals surface area (Å²) in [6.07, 6.45) is 4.30. The molecule has 8 nitrogen and oxygen atoms in total. The van der Waals surface area contributed by atoms with Crippen LogP contribution in [0.25, 0.3) is 0 Å². The van der Waals surface area contributed by atoms with Crippen LogP contribution in [-0.4, -0.2) is 46.7 Å². The molecule has 0 radical (unpaired) electrons. The summed E-state index contributed by atoms with van der Waals surface area (Å²) in [7, 11) is -0.808. The normalized spacial score (nSPS) is 14.5. The zero-order valence-corrected chi connectivity index (χ0v) is 18.0. The van der Waals surface area contributed by atoms with E-state index < -0.39 is 10.0 Å². The van der Waals surface area contributed by atoms with Crippen molar-refractivity contribution in [2.45, 2.75) is 30.6 Å². The van der Waals surface area contributed by atoms with E-state index in [4.69, 9.17) is 9.47 Å². The van der Waals surface area contributed by atoms with Gasteiger partial charge in [-0.05, 0) is 49.2 Å². The van der Waals surface area contributed by atoms with Crippen molar-refractivity contribution in [3.05, 3.63) is 42.5 Å². The van der Waals surface area contributed by atoms with Gasteiger partial charge in [-0.15, -0.1) is 0 Å². The van der Waals surface area contributed by atoms with Gasteiger partial charge in [-0.2, -0.15) is 0 Å². The molecule has 0 unspecified atom stereocenters. The average Bonchev–Trinajstić information content (AvgIpc) is 3.03. The molecule has 2 amide bonds. The van der Waals surface area contributed by atoms with E-state index in [1.807, 2.05) is 0 Å². The number of carbonyl (C=O) groups excluding carboxylic acids is 1. The fourth-order valence-electron chi connectivity index (χ4n) is 3.31. The number of hydrogen-bond acceptors (Lipinski definition) is 5. The van der Waals surface area contributed by atoms with Gasteiger partial charge in [0.1, 0.15) is 0 Å². The number of hydrogen-bond donors (Lipinski definition) is 2. The van der Waals surface area contributed by atoms with Gasteiger partial charge in [0.25, 0.3) is 10.0 Å². The molecule has 1 saturated heterocycles. The summed E-state index contributed by atoms with van der Waals surface area (Å²) in [5.41, 5.74) is 0.903. The van der Waals surface area contributed by atoms with Crippen molar-refractivity contribution in [3.8, 4) is 11.5 Å². The molecule has 0 aromatic heterocycles. The molecule has 0 spiro atoms. The lowest BCUT2D eigenvalue weighted by Gasteiger charge is -2.20. The summed E-state index contributed by atoms with van der Waals surface area (Å²) in [4.78, 5) is 14.3. The second kappa shape index (κ2) is 9.71. The maximum Gasteiger partial charge on any atom is 0.321 e. The van der Waals surface area contributed by atoms with Gasteiger partial charge in [0.2, 0.25) is 0 Å². The van der Waals surface area contributed by atoms with Crippen LogP contribution in [0.2, 0.25) is 0 Å².